The summed E-state index contributed by atoms with van der Waals surface area (Å²) in [6.45, 7) is 1.66. The molecule has 1 fully saturated rings. The Morgan fingerprint density at radius 1 is 1.50 bits per heavy atom. The zero-order chi connectivity index (χ0) is 14.9. The van der Waals surface area contributed by atoms with E-state index in [1.165, 1.54) is 16.9 Å². The lowest BCUT2D eigenvalue weighted by Gasteiger charge is -2.34. The Kier molecular flexibility index (Phi) is 4.43. The van der Waals surface area contributed by atoms with Gasteiger partial charge in [0.25, 0.3) is 10.0 Å². The van der Waals surface area contributed by atoms with Gasteiger partial charge in [0.1, 0.15) is 0 Å². The van der Waals surface area contributed by atoms with Gasteiger partial charge in [-0.05, 0) is 33.0 Å². The van der Waals surface area contributed by atoms with E-state index >= 15 is 0 Å². The Balaban J connectivity index is 2.25. The normalized spacial score (nSPS) is 18.6. The van der Waals surface area contributed by atoms with Crippen LogP contribution in [0.1, 0.15) is 23.3 Å². The van der Waals surface area contributed by atoms with Crippen molar-refractivity contribution in [2.75, 3.05) is 27.2 Å². The predicted molar refractivity (Wildman–Crippen MR) is 74.5 cm³/mol. The largest absolute Gasteiger partial charge is 0.476 e. The summed E-state index contributed by atoms with van der Waals surface area (Å²) in [4.78, 5) is 16.8. The van der Waals surface area contributed by atoms with E-state index in [2.05, 4.69) is 9.88 Å². The summed E-state index contributed by atoms with van der Waals surface area (Å²) >= 11 is 0.846. The Hall–Kier alpha value is -1.03. The van der Waals surface area contributed by atoms with Gasteiger partial charge in [0.15, 0.2) is 9.90 Å². The summed E-state index contributed by atoms with van der Waals surface area (Å²) in [5.41, 5.74) is 0.855. The third kappa shape index (κ3) is 2.85. The molecule has 20 heavy (non-hydrogen) atoms. The molecule has 0 unspecified atom stereocenters. The molecule has 1 aliphatic rings. The SMILES string of the molecule is CN1CCC(N(C)S(=O)(=O)c2scnc2C(=O)O)CC1. The molecular weight excluding hydrogens is 302 g/mol. The van der Waals surface area contributed by atoms with E-state index in [9.17, 15) is 13.2 Å². The first kappa shape index (κ1) is 15.4. The number of carbonyl (C=O) groups is 1. The number of carboxylic acid groups (broad SMARTS) is 1. The molecule has 112 valence electrons. The highest BCUT2D eigenvalue weighted by molar-refractivity contribution is 7.91. The van der Waals surface area contributed by atoms with Gasteiger partial charge < -0.3 is 10.0 Å². The minimum absolute atomic E-state index is 0.0973. The molecule has 1 aliphatic heterocycles. The van der Waals surface area contributed by atoms with Crippen molar-refractivity contribution in [3.63, 3.8) is 0 Å². The van der Waals surface area contributed by atoms with Crippen LogP contribution in [0.3, 0.4) is 0 Å². The van der Waals surface area contributed by atoms with Crippen molar-refractivity contribution in [3.8, 4) is 0 Å². The van der Waals surface area contributed by atoms with Gasteiger partial charge in [0.05, 0.1) is 5.51 Å². The number of likely N-dealkylation sites (tertiary alicyclic amines) is 1. The lowest BCUT2D eigenvalue weighted by Crippen LogP contribution is -2.44. The quantitative estimate of drug-likeness (QED) is 0.872. The van der Waals surface area contributed by atoms with Crippen LogP contribution < -0.4 is 0 Å². The Labute approximate surface area is 121 Å². The fourth-order valence-electron chi connectivity index (χ4n) is 2.25. The Morgan fingerprint density at radius 2 is 2.10 bits per heavy atom. The summed E-state index contributed by atoms with van der Waals surface area (Å²) < 4.78 is 26.1. The fraction of sp³-hybridized carbons (Fsp3) is 0.636. The number of rotatable bonds is 4. The van der Waals surface area contributed by atoms with Gasteiger partial charge in [-0.25, -0.2) is 18.2 Å². The smallest absolute Gasteiger partial charge is 0.356 e. The topological polar surface area (TPSA) is 90.8 Å². The average Bonchev–Trinajstić information content (AvgIpc) is 2.89. The monoisotopic (exact) mass is 319 g/mol. The van der Waals surface area contributed by atoms with Crippen LogP contribution in [0, 0.1) is 0 Å². The zero-order valence-corrected chi connectivity index (χ0v) is 12.9. The van der Waals surface area contributed by atoms with E-state index in [-0.39, 0.29) is 10.3 Å². The molecule has 0 atom stereocenters. The van der Waals surface area contributed by atoms with Crippen molar-refractivity contribution in [3.05, 3.63) is 11.2 Å². The highest BCUT2D eigenvalue weighted by Gasteiger charge is 2.34. The van der Waals surface area contributed by atoms with E-state index in [0.717, 1.165) is 37.3 Å². The molecule has 1 N–H and O–H groups in total. The van der Waals surface area contributed by atoms with Crippen LogP contribution in [0.25, 0.3) is 0 Å². The van der Waals surface area contributed by atoms with Gasteiger partial charge in [0.2, 0.25) is 0 Å². The Morgan fingerprint density at radius 3 is 2.65 bits per heavy atom. The van der Waals surface area contributed by atoms with Crippen LogP contribution in [-0.4, -0.2) is 66.9 Å². The molecule has 1 aromatic heterocycles. The van der Waals surface area contributed by atoms with Gasteiger partial charge in [-0.1, -0.05) is 0 Å². The maximum absolute atomic E-state index is 12.5. The highest BCUT2D eigenvalue weighted by Crippen LogP contribution is 2.27. The molecule has 2 rings (SSSR count). The number of nitrogens with zero attached hydrogens (tertiary/aromatic N) is 3. The van der Waals surface area contributed by atoms with Crippen LogP contribution >= 0.6 is 11.3 Å². The summed E-state index contributed by atoms with van der Waals surface area (Å²) in [7, 11) is -0.291. The molecule has 0 aliphatic carbocycles. The molecule has 7 nitrogen and oxygen atoms in total. The first-order valence-electron chi connectivity index (χ1n) is 6.17. The number of hydrogen-bond donors (Lipinski definition) is 1. The molecule has 0 aromatic carbocycles. The summed E-state index contributed by atoms with van der Waals surface area (Å²) in [5.74, 6) is -1.32. The van der Waals surface area contributed by atoms with Crippen molar-refractivity contribution in [1.29, 1.82) is 0 Å². The average molecular weight is 319 g/mol. The zero-order valence-electron chi connectivity index (χ0n) is 11.3. The summed E-state index contributed by atoms with van der Waals surface area (Å²) in [6, 6.07) is -0.0973. The molecule has 0 amide bonds. The van der Waals surface area contributed by atoms with Gasteiger partial charge in [-0.3, -0.25) is 0 Å². The van der Waals surface area contributed by atoms with Gasteiger partial charge >= 0.3 is 5.97 Å². The van der Waals surface area contributed by atoms with Crippen molar-refractivity contribution in [2.45, 2.75) is 23.1 Å². The van der Waals surface area contributed by atoms with Crippen molar-refractivity contribution >= 4 is 27.3 Å². The number of sulfonamides is 1. The molecule has 2 heterocycles. The molecule has 0 spiro atoms. The van der Waals surface area contributed by atoms with E-state index < -0.39 is 21.7 Å². The van der Waals surface area contributed by atoms with Crippen molar-refractivity contribution in [2.24, 2.45) is 0 Å². The third-order valence-electron chi connectivity index (χ3n) is 3.55. The maximum Gasteiger partial charge on any atom is 0.356 e. The number of thiazole rings is 1. The number of aromatic nitrogens is 1. The molecule has 1 saturated heterocycles. The van der Waals surface area contributed by atoms with E-state index in [1.54, 1.807) is 0 Å². The molecule has 0 saturated carbocycles. The lowest BCUT2D eigenvalue weighted by molar-refractivity contribution is 0.0687. The van der Waals surface area contributed by atoms with Crippen LogP contribution in [-0.2, 0) is 10.0 Å². The molecule has 9 heteroatoms. The van der Waals surface area contributed by atoms with E-state index in [0.29, 0.717) is 0 Å². The van der Waals surface area contributed by atoms with E-state index in [4.69, 9.17) is 5.11 Å². The van der Waals surface area contributed by atoms with Gasteiger partial charge in [-0.15, -0.1) is 11.3 Å². The Bertz CT molecular complexity index is 591. The first-order valence-corrected chi connectivity index (χ1v) is 8.49. The number of aromatic carboxylic acids is 1. The minimum Gasteiger partial charge on any atom is -0.476 e. The standard InChI is InChI=1S/C11H17N3O4S2/c1-13-5-3-8(4-6-13)14(2)20(17,18)11-9(10(15)16)12-7-19-11/h7-8H,3-6H2,1-2H3,(H,15,16). The second-order valence-corrected chi connectivity index (χ2v) is 7.90. The maximum atomic E-state index is 12.5. The highest BCUT2D eigenvalue weighted by atomic mass is 32.2. The molecule has 0 bridgehead atoms. The summed E-state index contributed by atoms with van der Waals surface area (Å²) in [6.07, 6.45) is 1.49. The van der Waals surface area contributed by atoms with E-state index in [1.807, 2.05) is 7.05 Å². The van der Waals surface area contributed by atoms with Crippen LogP contribution in [0.15, 0.2) is 9.72 Å². The third-order valence-corrected chi connectivity index (χ3v) is 6.81. The number of hydrogen-bond acceptors (Lipinski definition) is 6. The fourth-order valence-corrected chi connectivity index (χ4v) is 4.97. The number of carboxylic acids is 1. The van der Waals surface area contributed by atoms with Crippen LogP contribution in [0.5, 0.6) is 0 Å². The van der Waals surface area contributed by atoms with Gasteiger partial charge in [-0.2, -0.15) is 4.31 Å². The van der Waals surface area contributed by atoms with Crippen molar-refractivity contribution < 1.29 is 18.3 Å². The number of piperidine rings is 1. The summed E-state index contributed by atoms with van der Waals surface area (Å²) in [5, 5.41) is 9.00. The van der Waals surface area contributed by atoms with Gasteiger partial charge in [0, 0.05) is 13.1 Å². The molecule has 0 radical (unpaired) electrons. The lowest BCUT2D eigenvalue weighted by atomic mass is 10.1. The van der Waals surface area contributed by atoms with Crippen LogP contribution in [0.4, 0.5) is 0 Å². The molecule has 1 aromatic rings. The predicted octanol–water partition coefficient (Wildman–Crippen LogP) is 0.556. The molecular formula is C11H17N3O4S2. The second-order valence-electron chi connectivity index (χ2n) is 4.85. The van der Waals surface area contributed by atoms with Crippen LogP contribution in [0.2, 0.25) is 0 Å². The first-order chi connectivity index (χ1) is 9.34. The minimum atomic E-state index is -3.80. The second kappa shape index (κ2) is 5.76. The van der Waals surface area contributed by atoms with Crippen molar-refractivity contribution in [1.82, 2.24) is 14.2 Å².